The lowest BCUT2D eigenvalue weighted by Crippen LogP contribution is -2.48. The zero-order valence-corrected chi connectivity index (χ0v) is 18.1. The number of aliphatic imine (C=N–C) groups is 1. The second-order valence-electron chi connectivity index (χ2n) is 7.99. The predicted octanol–water partition coefficient (Wildman–Crippen LogP) is 2.48. The quantitative estimate of drug-likeness (QED) is 0.574. The Morgan fingerprint density at radius 3 is 2.97 bits per heavy atom. The minimum Gasteiger partial charge on any atom is -0.492 e. The van der Waals surface area contributed by atoms with Gasteiger partial charge < -0.3 is 24.4 Å². The summed E-state index contributed by atoms with van der Waals surface area (Å²) < 4.78 is 8.08. The average Bonchev–Trinajstić information content (AvgIpc) is 3.24. The molecule has 1 saturated heterocycles. The van der Waals surface area contributed by atoms with Gasteiger partial charge in [0.05, 0.1) is 12.4 Å². The highest BCUT2D eigenvalue weighted by molar-refractivity contribution is 5.80. The molecule has 2 unspecified atom stereocenters. The molecular weight excluding hydrogens is 364 g/mol. The topological polar surface area (TPSA) is 57.9 Å². The highest BCUT2D eigenvalue weighted by atomic mass is 16.5. The van der Waals surface area contributed by atoms with Crippen molar-refractivity contribution in [3.05, 3.63) is 48.5 Å². The Labute approximate surface area is 174 Å². The third-order valence-electron chi connectivity index (χ3n) is 5.49. The molecular formula is C22H34N6O. The molecule has 1 fully saturated rings. The highest BCUT2D eigenvalue weighted by Crippen LogP contribution is 2.27. The van der Waals surface area contributed by atoms with Crippen LogP contribution in [0.2, 0.25) is 0 Å². The van der Waals surface area contributed by atoms with Crippen molar-refractivity contribution in [2.24, 2.45) is 10.9 Å². The molecule has 0 bridgehead atoms. The fraction of sp³-hybridized carbons (Fsp3) is 0.545. The van der Waals surface area contributed by atoms with Crippen LogP contribution >= 0.6 is 0 Å². The average molecular weight is 399 g/mol. The van der Waals surface area contributed by atoms with Crippen LogP contribution in [0.3, 0.4) is 0 Å². The summed E-state index contributed by atoms with van der Waals surface area (Å²) in [6.45, 7) is 6.58. The van der Waals surface area contributed by atoms with Crippen molar-refractivity contribution in [3.63, 3.8) is 0 Å². The van der Waals surface area contributed by atoms with Crippen molar-refractivity contribution < 1.29 is 4.74 Å². The van der Waals surface area contributed by atoms with Crippen molar-refractivity contribution in [1.82, 2.24) is 24.7 Å². The van der Waals surface area contributed by atoms with E-state index < -0.39 is 0 Å². The second-order valence-corrected chi connectivity index (χ2v) is 7.99. The van der Waals surface area contributed by atoms with Crippen LogP contribution in [0.1, 0.15) is 24.9 Å². The molecule has 3 rings (SSSR count). The standard InChI is InChI=1S/C22H34N6O/c1-18-8-10-27(16-21(18)28-11-9-24-17-28)22(23-2)25-15-19-6-5-7-20(14-19)29-13-12-26(3)4/h5-7,9,11,14,17-18,21H,8,10,12-13,15-16H2,1-4H3,(H,23,25). The van der Waals surface area contributed by atoms with E-state index in [9.17, 15) is 0 Å². The predicted molar refractivity (Wildman–Crippen MR) is 117 cm³/mol. The molecule has 0 spiro atoms. The monoisotopic (exact) mass is 398 g/mol. The van der Waals surface area contributed by atoms with Gasteiger partial charge in [-0.3, -0.25) is 4.99 Å². The van der Waals surface area contributed by atoms with E-state index in [-0.39, 0.29) is 0 Å². The molecule has 1 aromatic heterocycles. The number of rotatable bonds is 7. The van der Waals surface area contributed by atoms with Gasteiger partial charge in [-0.2, -0.15) is 0 Å². The van der Waals surface area contributed by atoms with Crippen molar-refractivity contribution in [2.75, 3.05) is 47.4 Å². The molecule has 1 N–H and O–H groups in total. The fourth-order valence-corrected chi connectivity index (χ4v) is 3.70. The molecule has 0 aliphatic carbocycles. The first-order valence-electron chi connectivity index (χ1n) is 10.4. The Bertz CT molecular complexity index is 773. The summed E-state index contributed by atoms with van der Waals surface area (Å²) in [5.74, 6) is 2.48. The molecule has 29 heavy (non-hydrogen) atoms. The summed E-state index contributed by atoms with van der Waals surface area (Å²) in [7, 11) is 5.95. The number of likely N-dealkylation sites (tertiary alicyclic amines) is 1. The molecule has 0 radical (unpaired) electrons. The lowest BCUT2D eigenvalue weighted by atomic mass is 9.93. The fourth-order valence-electron chi connectivity index (χ4n) is 3.70. The van der Waals surface area contributed by atoms with Gasteiger partial charge in [0.25, 0.3) is 0 Å². The van der Waals surface area contributed by atoms with Crippen molar-refractivity contribution in [1.29, 1.82) is 0 Å². The number of ether oxygens (including phenoxy) is 1. The van der Waals surface area contributed by atoms with E-state index in [1.54, 1.807) is 0 Å². The maximum absolute atomic E-state index is 5.86. The molecule has 0 amide bonds. The van der Waals surface area contributed by atoms with Gasteiger partial charge in [-0.05, 0) is 44.1 Å². The van der Waals surface area contributed by atoms with Crippen LogP contribution in [0.5, 0.6) is 5.75 Å². The summed E-state index contributed by atoms with van der Waals surface area (Å²) in [5, 5.41) is 3.52. The van der Waals surface area contributed by atoms with Crippen LogP contribution in [-0.2, 0) is 6.54 Å². The van der Waals surface area contributed by atoms with Crippen LogP contribution in [0.4, 0.5) is 0 Å². The summed E-state index contributed by atoms with van der Waals surface area (Å²) >= 11 is 0. The van der Waals surface area contributed by atoms with E-state index in [0.717, 1.165) is 44.3 Å². The van der Waals surface area contributed by atoms with Gasteiger partial charge in [0, 0.05) is 45.6 Å². The normalized spacial score (nSPS) is 20.2. The Kier molecular flexibility index (Phi) is 7.52. The Hall–Kier alpha value is -2.54. The zero-order valence-electron chi connectivity index (χ0n) is 18.1. The number of benzene rings is 1. The number of nitrogens with one attached hydrogen (secondary N) is 1. The minimum atomic E-state index is 0.415. The molecule has 158 valence electrons. The number of piperidine rings is 1. The van der Waals surface area contributed by atoms with E-state index in [1.165, 1.54) is 5.56 Å². The summed E-state index contributed by atoms with van der Waals surface area (Å²) in [6.07, 6.45) is 6.97. The number of hydrogen-bond donors (Lipinski definition) is 1. The van der Waals surface area contributed by atoms with E-state index in [0.29, 0.717) is 18.6 Å². The first-order chi connectivity index (χ1) is 14.1. The molecule has 2 aromatic rings. The maximum atomic E-state index is 5.86. The molecule has 2 heterocycles. The third kappa shape index (κ3) is 5.97. The number of aromatic nitrogens is 2. The largest absolute Gasteiger partial charge is 0.492 e. The first-order valence-corrected chi connectivity index (χ1v) is 10.4. The van der Waals surface area contributed by atoms with Crippen LogP contribution in [0.15, 0.2) is 48.0 Å². The van der Waals surface area contributed by atoms with Crippen molar-refractivity contribution in [3.8, 4) is 5.75 Å². The van der Waals surface area contributed by atoms with E-state index >= 15 is 0 Å². The number of guanidine groups is 1. The van der Waals surface area contributed by atoms with Gasteiger partial charge in [0.1, 0.15) is 12.4 Å². The molecule has 0 saturated carbocycles. The van der Waals surface area contributed by atoms with Crippen LogP contribution in [-0.4, -0.2) is 72.7 Å². The van der Waals surface area contributed by atoms with Crippen LogP contribution in [0.25, 0.3) is 0 Å². The lowest BCUT2D eigenvalue weighted by Gasteiger charge is -2.39. The number of nitrogens with zero attached hydrogens (tertiary/aromatic N) is 5. The lowest BCUT2D eigenvalue weighted by molar-refractivity contribution is 0.189. The van der Waals surface area contributed by atoms with Crippen molar-refractivity contribution in [2.45, 2.75) is 25.9 Å². The first kappa shape index (κ1) is 21.2. The van der Waals surface area contributed by atoms with Gasteiger partial charge >= 0.3 is 0 Å². The molecule has 1 aliphatic heterocycles. The molecule has 7 heteroatoms. The van der Waals surface area contributed by atoms with Crippen LogP contribution < -0.4 is 10.1 Å². The smallest absolute Gasteiger partial charge is 0.193 e. The highest BCUT2D eigenvalue weighted by Gasteiger charge is 2.28. The molecule has 1 aliphatic rings. The molecule has 7 nitrogen and oxygen atoms in total. The number of hydrogen-bond acceptors (Lipinski definition) is 4. The molecule has 2 atom stereocenters. The second kappa shape index (κ2) is 10.3. The van der Waals surface area contributed by atoms with Crippen LogP contribution in [0, 0.1) is 5.92 Å². The van der Waals surface area contributed by atoms with Crippen molar-refractivity contribution >= 4 is 5.96 Å². The zero-order chi connectivity index (χ0) is 20.6. The van der Waals surface area contributed by atoms with Gasteiger partial charge in [-0.15, -0.1) is 0 Å². The van der Waals surface area contributed by atoms with Gasteiger partial charge in [0.15, 0.2) is 5.96 Å². The Morgan fingerprint density at radius 2 is 2.24 bits per heavy atom. The van der Waals surface area contributed by atoms with E-state index in [2.05, 4.69) is 54.9 Å². The maximum Gasteiger partial charge on any atom is 0.193 e. The third-order valence-corrected chi connectivity index (χ3v) is 5.49. The van der Waals surface area contributed by atoms with E-state index in [4.69, 9.17) is 4.74 Å². The van der Waals surface area contributed by atoms with Gasteiger partial charge in [-0.1, -0.05) is 19.1 Å². The summed E-state index contributed by atoms with van der Waals surface area (Å²) in [5.41, 5.74) is 1.19. The minimum absolute atomic E-state index is 0.415. The van der Waals surface area contributed by atoms with Gasteiger partial charge in [0.2, 0.25) is 0 Å². The van der Waals surface area contributed by atoms with Gasteiger partial charge in [-0.25, -0.2) is 4.98 Å². The number of imidazole rings is 1. The van der Waals surface area contributed by atoms with E-state index in [1.807, 2.05) is 45.8 Å². The summed E-state index contributed by atoms with van der Waals surface area (Å²) in [4.78, 5) is 13.2. The summed E-state index contributed by atoms with van der Waals surface area (Å²) in [6, 6.07) is 8.69. The Balaban J connectivity index is 1.56. The Morgan fingerprint density at radius 1 is 1.38 bits per heavy atom. The number of likely N-dealkylation sites (N-methyl/N-ethyl adjacent to an activating group) is 1. The molecule has 1 aromatic carbocycles. The SMILES string of the molecule is CN=C(NCc1cccc(OCCN(C)C)c1)N1CCC(C)C(n2ccnc2)C1.